The van der Waals surface area contributed by atoms with Gasteiger partial charge in [-0.05, 0) is 30.5 Å². The molecule has 0 aliphatic rings. The molecule has 0 amide bonds. The van der Waals surface area contributed by atoms with Gasteiger partial charge >= 0.3 is 5.97 Å². The molecule has 0 saturated carbocycles. The standard InChI is InChI=1S/C18H21NO2/c1-13-3-9-17(10-4-13)14(2)19-12-16-7-5-15(6-8-16)11-18(20)21/h3-10,14,19H,11-12H2,1-2H3,(H,20,21)/t14-/m1/s1. The van der Waals surface area contributed by atoms with Gasteiger partial charge in [0.1, 0.15) is 0 Å². The lowest BCUT2D eigenvalue weighted by molar-refractivity contribution is -0.136. The van der Waals surface area contributed by atoms with Crippen molar-refractivity contribution in [3.8, 4) is 0 Å². The molecule has 2 aromatic rings. The summed E-state index contributed by atoms with van der Waals surface area (Å²) in [6.45, 7) is 4.99. The molecule has 0 spiro atoms. The maximum atomic E-state index is 10.6. The van der Waals surface area contributed by atoms with Crippen LogP contribution in [0, 0.1) is 6.92 Å². The minimum atomic E-state index is -0.797. The summed E-state index contributed by atoms with van der Waals surface area (Å²) < 4.78 is 0. The fourth-order valence-corrected chi connectivity index (χ4v) is 2.19. The highest BCUT2D eigenvalue weighted by Crippen LogP contribution is 2.14. The molecule has 2 rings (SSSR count). The van der Waals surface area contributed by atoms with Crippen molar-refractivity contribution < 1.29 is 9.90 Å². The van der Waals surface area contributed by atoms with Crippen molar-refractivity contribution >= 4 is 5.97 Å². The molecule has 0 fully saturated rings. The number of rotatable bonds is 6. The third kappa shape index (κ3) is 4.72. The van der Waals surface area contributed by atoms with Crippen molar-refractivity contribution in [2.75, 3.05) is 0 Å². The zero-order valence-corrected chi connectivity index (χ0v) is 12.5. The van der Waals surface area contributed by atoms with E-state index in [1.54, 1.807) is 0 Å². The van der Waals surface area contributed by atoms with Crippen LogP contribution in [0.1, 0.15) is 35.2 Å². The van der Waals surface area contributed by atoms with Crippen molar-refractivity contribution in [3.05, 3.63) is 70.8 Å². The molecule has 0 heterocycles. The van der Waals surface area contributed by atoms with E-state index in [9.17, 15) is 4.79 Å². The second-order valence-corrected chi connectivity index (χ2v) is 5.40. The lowest BCUT2D eigenvalue weighted by Gasteiger charge is -2.14. The number of hydrogen-bond donors (Lipinski definition) is 2. The summed E-state index contributed by atoms with van der Waals surface area (Å²) in [6, 6.07) is 16.5. The van der Waals surface area contributed by atoms with Gasteiger partial charge in [-0.3, -0.25) is 4.79 Å². The fraction of sp³-hybridized carbons (Fsp3) is 0.278. The van der Waals surface area contributed by atoms with Crippen LogP contribution in [-0.2, 0) is 17.8 Å². The molecule has 0 aliphatic heterocycles. The van der Waals surface area contributed by atoms with E-state index in [0.717, 1.165) is 17.7 Å². The monoisotopic (exact) mass is 283 g/mol. The molecular formula is C18H21NO2. The molecule has 0 saturated heterocycles. The summed E-state index contributed by atoms with van der Waals surface area (Å²) in [6.07, 6.45) is 0.0769. The summed E-state index contributed by atoms with van der Waals surface area (Å²) in [4.78, 5) is 10.6. The van der Waals surface area contributed by atoms with Gasteiger partial charge < -0.3 is 10.4 Å². The summed E-state index contributed by atoms with van der Waals surface area (Å²) in [5, 5.41) is 12.2. The molecule has 21 heavy (non-hydrogen) atoms. The number of carbonyl (C=O) groups is 1. The molecule has 0 radical (unpaired) electrons. The zero-order valence-electron chi connectivity index (χ0n) is 12.5. The first-order valence-electron chi connectivity index (χ1n) is 7.14. The Bertz CT molecular complexity index is 588. The number of hydrogen-bond acceptors (Lipinski definition) is 2. The third-order valence-electron chi connectivity index (χ3n) is 3.57. The lowest BCUT2D eigenvalue weighted by Crippen LogP contribution is -2.18. The normalized spacial score (nSPS) is 12.1. The number of aryl methyl sites for hydroxylation is 1. The zero-order chi connectivity index (χ0) is 15.2. The molecule has 3 heteroatoms. The van der Waals surface area contributed by atoms with Gasteiger partial charge in [-0.15, -0.1) is 0 Å². The Labute approximate surface area is 125 Å². The van der Waals surface area contributed by atoms with Gasteiger partial charge in [0.15, 0.2) is 0 Å². The van der Waals surface area contributed by atoms with Gasteiger partial charge in [0.25, 0.3) is 0 Å². The van der Waals surface area contributed by atoms with Crippen LogP contribution in [0.25, 0.3) is 0 Å². The van der Waals surface area contributed by atoms with E-state index < -0.39 is 5.97 Å². The maximum Gasteiger partial charge on any atom is 0.307 e. The number of carboxylic acid groups (broad SMARTS) is 1. The van der Waals surface area contributed by atoms with Crippen LogP contribution < -0.4 is 5.32 Å². The van der Waals surface area contributed by atoms with Crippen molar-refractivity contribution in [1.29, 1.82) is 0 Å². The summed E-state index contributed by atoms with van der Waals surface area (Å²) in [7, 11) is 0. The Hall–Kier alpha value is -2.13. The van der Waals surface area contributed by atoms with E-state index in [1.165, 1.54) is 11.1 Å². The highest BCUT2D eigenvalue weighted by molar-refractivity contribution is 5.70. The van der Waals surface area contributed by atoms with Crippen LogP contribution >= 0.6 is 0 Å². The number of carboxylic acids is 1. The number of aliphatic carboxylic acids is 1. The molecule has 2 aromatic carbocycles. The van der Waals surface area contributed by atoms with Crippen LogP contribution in [0.4, 0.5) is 0 Å². The highest BCUT2D eigenvalue weighted by Gasteiger charge is 2.05. The van der Waals surface area contributed by atoms with E-state index in [4.69, 9.17) is 5.11 Å². The van der Waals surface area contributed by atoms with E-state index in [0.29, 0.717) is 0 Å². The topological polar surface area (TPSA) is 49.3 Å². The van der Waals surface area contributed by atoms with Gasteiger partial charge in [0.2, 0.25) is 0 Å². The number of benzene rings is 2. The van der Waals surface area contributed by atoms with Gasteiger partial charge in [0, 0.05) is 12.6 Å². The molecule has 3 nitrogen and oxygen atoms in total. The Morgan fingerprint density at radius 1 is 1.05 bits per heavy atom. The smallest absolute Gasteiger partial charge is 0.307 e. The second-order valence-electron chi connectivity index (χ2n) is 5.40. The first-order chi connectivity index (χ1) is 10.0. The van der Waals surface area contributed by atoms with E-state index in [1.807, 2.05) is 24.3 Å². The van der Waals surface area contributed by atoms with Crippen molar-refractivity contribution in [2.24, 2.45) is 0 Å². The molecule has 0 bridgehead atoms. The average molecular weight is 283 g/mol. The van der Waals surface area contributed by atoms with Gasteiger partial charge in [-0.1, -0.05) is 54.1 Å². The second kappa shape index (κ2) is 7.04. The van der Waals surface area contributed by atoms with Crippen LogP contribution in [0.15, 0.2) is 48.5 Å². The Morgan fingerprint density at radius 2 is 1.62 bits per heavy atom. The first-order valence-corrected chi connectivity index (χ1v) is 7.14. The van der Waals surface area contributed by atoms with Crippen molar-refractivity contribution in [3.63, 3.8) is 0 Å². The highest BCUT2D eigenvalue weighted by atomic mass is 16.4. The molecule has 0 aromatic heterocycles. The fourth-order valence-electron chi connectivity index (χ4n) is 2.19. The molecule has 0 unspecified atom stereocenters. The van der Waals surface area contributed by atoms with Gasteiger partial charge in [-0.2, -0.15) is 0 Å². The van der Waals surface area contributed by atoms with Gasteiger partial charge in [-0.25, -0.2) is 0 Å². The Kier molecular flexibility index (Phi) is 5.12. The maximum absolute atomic E-state index is 10.6. The molecule has 110 valence electrons. The predicted molar refractivity (Wildman–Crippen MR) is 84.2 cm³/mol. The lowest BCUT2D eigenvalue weighted by atomic mass is 10.1. The van der Waals surface area contributed by atoms with E-state index in [-0.39, 0.29) is 12.5 Å². The summed E-state index contributed by atoms with van der Waals surface area (Å²) in [5.41, 5.74) is 4.52. The Morgan fingerprint density at radius 3 is 2.19 bits per heavy atom. The summed E-state index contributed by atoms with van der Waals surface area (Å²) >= 11 is 0. The van der Waals surface area contributed by atoms with Crippen molar-refractivity contribution in [1.82, 2.24) is 5.32 Å². The first kappa shape index (κ1) is 15.3. The van der Waals surface area contributed by atoms with Crippen LogP contribution in [-0.4, -0.2) is 11.1 Å². The third-order valence-corrected chi connectivity index (χ3v) is 3.57. The SMILES string of the molecule is Cc1ccc([C@@H](C)NCc2ccc(CC(=O)O)cc2)cc1. The minimum Gasteiger partial charge on any atom is -0.481 e. The predicted octanol–water partition coefficient (Wildman–Crippen LogP) is 3.47. The van der Waals surface area contributed by atoms with Crippen LogP contribution in [0.2, 0.25) is 0 Å². The van der Waals surface area contributed by atoms with E-state index in [2.05, 4.69) is 43.4 Å². The summed E-state index contributed by atoms with van der Waals surface area (Å²) in [5.74, 6) is -0.797. The molecule has 1 atom stereocenters. The number of nitrogens with one attached hydrogen (secondary N) is 1. The quantitative estimate of drug-likeness (QED) is 0.853. The van der Waals surface area contributed by atoms with Crippen LogP contribution in [0.5, 0.6) is 0 Å². The van der Waals surface area contributed by atoms with Gasteiger partial charge in [0.05, 0.1) is 6.42 Å². The van der Waals surface area contributed by atoms with E-state index >= 15 is 0 Å². The van der Waals surface area contributed by atoms with Crippen molar-refractivity contribution in [2.45, 2.75) is 32.9 Å². The minimum absolute atomic E-state index is 0.0769. The molecular weight excluding hydrogens is 262 g/mol. The van der Waals surface area contributed by atoms with Crippen LogP contribution in [0.3, 0.4) is 0 Å². The average Bonchev–Trinajstić information content (AvgIpc) is 2.46. The largest absolute Gasteiger partial charge is 0.481 e. The molecule has 0 aliphatic carbocycles. The Balaban J connectivity index is 1.90. The molecule has 2 N–H and O–H groups in total.